The molecule has 0 aliphatic rings. The molecule has 0 saturated heterocycles. The number of benzene rings is 3. The Hall–Kier alpha value is -3.34. The van der Waals surface area contributed by atoms with E-state index in [4.69, 9.17) is 0 Å². The van der Waals surface area contributed by atoms with Crippen molar-refractivity contribution >= 4 is 29.0 Å². The van der Waals surface area contributed by atoms with Crippen molar-refractivity contribution in [2.24, 2.45) is 15.2 Å². The van der Waals surface area contributed by atoms with Crippen molar-refractivity contribution in [3.05, 3.63) is 83.7 Å². The summed E-state index contributed by atoms with van der Waals surface area (Å²) in [5.74, 6) is -0.423. The van der Waals surface area contributed by atoms with Gasteiger partial charge in [-0.05, 0) is 72.5 Å². The minimum atomic E-state index is -0.423. The van der Waals surface area contributed by atoms with Crippen molar-refractivity contribution in [3.63, 3.8) is 0 Å². The SMILES string of the molecule is CCCCCCCCCc1ccc(N=Cc2ccc(N=Nc3ccc(N(C)C)cc3)c(F)c2)cc1. The van der Waals surface area contributed by atoms with E-state index in [9.17, 15) is 4.39 Å². The lowest BCUT2D eigenvalue weighted by molar-refractivity contribution is 0.589. The molecule has 0 aliphatic carbocycles. The topological polar surface area (TPSA) is 40.3 Å². The molecule has 0 fully saturated rings. The first-order valence-corrected chi connectivity index (χ1v) is 12.7. The Kier molecular flexibility index (Phi) is 10.6. The monoisotopic (exact) mass is 472 g/mol. The predicted octanol–water partition coefficient (Wildman–Crippen LogP) is 9.35. The number of aliphatic imine (C=N–C) groups is 1. The largest absolute Gasteiger partial charge is 0.378 e. The standard InChI is InChI=1S/C30H37FN4/c1-4-5-6-7-8-9-10-11-24-12-15-26(16-13-24)32-23-25-14-21-30(29(31)22-25)34-33-27-17-19-28(20-18-27)35(2)3/h12-23H,4-11H2,1-3H3. The maximum atomic E-state index is 14.5. The number of hydrogen-bond donors (Lipinski definition) is 0. The minimum Gasteiger partial charge on any atom is -0.378 e. The number of aryl methyl sites for hydroxylation is 1. The Morgan fingerprint density at radius 3 is 2.06 bits per heavy atom. The number of anilines is 1. The van der Waals surface area contributed by atoms with E-state index < -0.39 is 5.82 Å². The third-order valence-corrected chi connectivity index (χ3v) is 5.98. The van der Waals surface area contributed by atoms with Gasteiger partial charge in [-0.15, -0.1) is 5.11 Å². The van der Waals surface area contributed by atoms with Gasteiger partial charge in [-0.3, -0.25) is 4.99 Å². The fourth-order valence-electron chi connectivity index (χ4n) is 3.80. The van der Waals surface area contributed by atoms with Gasteiger partial charge in [-0.25, -0.2) is 4.39 Å². The Balaban J connectivity index is 1.49. The van der Waals surface area contributed by atoms with Crippen LogP contribution in [-0.4, -0.2) is 20.3 Å². The van der Waals surface area contributed by atoms with E-state index >= 15 is 0 Å². The van der Waals surface area contributed by atoms with E-state index in [1.54, 1.807) is 18.3 Å². The second kappa shape index (κ2) is 14.1. The number of rotatable bonds is 13. The summed E-state index contributed by atoms with van der Waals surface area (Å²) in [7, 11) is 3.95. The first kappa shape index (κ1) is 26.3. The van der Waals surface area contributed by atoms with Crippen molar-refractivity contribution in [2.45, 2.75) is 58.3 Å². The van der Waals surface area contributed by atoms with Gasteiger partial charge in [0.25, 0.3) is 0 Å². The summed E-state index contributed by atoms with van der Waals surface area (Å²) >= 11 is 0. The number of nitrogens with zero attached hydrogens (tertiary/aromatic N) is 4. The maximum absolute atomic E-state index is 14.5. The lowest BCUT2D eigenvalue weighted by Gasteiger charge is -2.11. The molecule has 0 amide bonds. The number of halogens is 1. The number of azo groups is 1. The molecule has 35 heavy (non-hydrogen) atoms. The predicted molar refractivity (Wildman–Crippen MR) is 147 cm³/mol. The average Bonchev–Trinajstić information content (AvgIpc) is 2.87. The maximum Gasteiger partial charge on any atom is 0.151 e. The molecule has 184 valence electrons. The van der Waals surface area contributed by atoms with Crippen LogP contribution in [0.5, 0.6) is 0 Å². The molecule has 0 atom stereocenters. The van der Waals surface area contributed by atoms with Crippen LogP contribution in [0.25, 0.3) is 0 Å². The third-order valence-electron chi connectivity index (χ3n) is 5.98. The molecular formula is C30H37FN4. The van der Waals surface area contributed by atoms with Crippen molar-refractivity contribution in [1.82, 2.24) is 0 Å². The van der Waals surface area contributed by atoms with Crippen LogP contribution in [-0.2, 0) is 6.42 Å². The Labute approximate surface area is 209 Å². The molecule has 3 rings (SSSR count). The molecule has 3 aromatic carbocycles. The highest BCUT2D eigenvalue weighted by molar-refractivity contribution is 5.82. The van der Waals surface area contributed by atoms with Crippen molar-refractivity contribution in [2.75, 3.05) is 19.0 Å². The zero-order chi connectivity index (χ0) is 24.9. The van der Waals surface area contributed by atoms with E-state index in [0.717, 1.165) is 17.8 Å². The zero-order valence-electron chi connectivity index (χ0n) is 21.3. The summed E-state index contributed by atoms with van der Waals surface area (Å²) in [5, 5.41) is 8.21. The second-order valence-electron chi connectivity index (χ2n) is 9.12. The van der Waals surface area contributed by atoms with Gasteiger partial charge in [0, 0.05) is 26.0 Å². The van der Waals surface area contributed by atoms with Gasteiger partial charge in [0.2, 0.25) is 0 Å². The third kappa shape index (κ3) is 9.08. The summed E-state index contributed by atoms with van der Waals surface area (Å²) in [6.07, 6.45) is 12.0. The fourth-order valence-corrected chi connectivity index (χ4v) is 3.80. The van der Waals surface area contributed by atoms with Gasteiger partial charge in [-0.2, -0.15) is 5.11 Å². The van der Waals surface area contributed by atoms with E-state index in [2.05, 4.69) is 34.3 Å². The van der Waals surface area contributed by atoms with Crippen molar-refractivity contribution in [1.29, 1.82) is 0 Å². The fraction of sp³-hybridized carbons (Fsp3) is 0.367. The lowest BCUT2D eigenvalue weighted by Crippen LogP contribution is -2.07. The van der Waals surface area contributed by atoms with Gasteiger partial charge in [0.05, 0.1) is 11.4 Å². The summed E-state index contributed by atoms with van der Waals surface area (Å²) in [4.78, 5) is 6.50. The first-order valence-electron chi connectivity index (χ1n) is 12.7. The second-order valence-corrected chi connectivity index (χ2v) is 9.12. The molecule has 0 N–H and O–H groups in total. The summed E-state index contributed by atoms with van der Waals surface area (Å²) < 4.78 is 14.5. The van der Waals surface area contributed by atoms with Crippen LogP contribution in [0.4, 0.5) is 27.1 Å². The van der Waals surface area contributed by atoms with Crippen molar-refractivity contribution < 1.29 is 4.39 Å². The number of hydrogen-bond acceptors (Lipinski definition) is 4. The Morgan fingerprint density at radius 1 is 0.743 bits per heavy atom. The van der Waals surface area contributed by atoms with Crippen LogP contribution < -0.4 is 4.90 Å². The lowest BCUT2D eigenvalue weighted by atomic mass is 10.0. The molecule has 5 heteroatoms. The molecule has 0 aliphatic heterocycles. The molecule has 0 unspecified atom stereocenters. The average molecular weight is 473 g/mol. The molecule has 0 aromatic heterocycles. The molecule has 3 aromatic rings. The smallest absolute Gasteiger partial charge is 0.151 e. The zero-order valence-corrected chi connectivity index (χ0v) is 21.3. The summed E-state index contributed by atoms with van der Waals surface area (Å²) in [6, 6.07) is 20.8. The van der Waals surface area contributed by atoms with Crippen molar-refractivity contribution in [3.8, 4) is 0 Å². The highest BCUT2D eigenvalue weighted by Gasteiger charge is 2.03. The molecule has 0 saturated carbocycles. The number of unbranched alkanes of at least 4 members (excludes halogenated alkanes) is 6. The van der Waals surface area contributed by atoms with Gasteiger partial charge >= 0.3 is 0 Å². The molecule has 0 heterocycles. The van der Waals surface area contributed by atoms with Crippen LogP contribution in [0.2, 0.25) is 0 Å². The molecular weight excluding hydrogens is 435 g/mol. The molecule has 4 nitrogen and oxygen atoms in total. The quantitative estimate of drug-likeness (QED) is 0.139. The molecule has 0 radical (unpaired) electrons. The Bertz CT molecular complexity index is 1090. The summed E-state index contributed by atoms with van der Waals surface area (Å²) in [6.45, 7) is 2.25. The van der Waals surface area contributed by atoms with Gasteiger partial charge < -0.3 is 4.90 Å². The van der Waals surface area contributed by atoms with Crippen LogP contribution in [0.1, 0.15) is 63.0 Å². The molecule has 0 spiro atoms. The van der Waals surface area contributed by atoms with E-state index in [1.165, 1.54) is 56.6 Å². The van der Waals surface area contributed by atoms with Gasteiger partial charge in [0.15, 0.2) is 5.82 Å². The molecule has 0 bridgehead atoms. The van der Waals surface area contributed by atoms with Crippen LogP contribution in [0.3, 0.4) is 0 Å². The van der Waals surface area contributed by atoms with Crippen LogP contribution in [0, 0.1) is 5.82 Å². The van der Waals surface area contributed by atoms with Gasteiger partial charge in [-0.1, -0.05) is 63.6 Å². The first-order chi connectivity index (χ1) is 17.0. The highest BCUT2D eigenvalue weighted by Crippen LogP contribution is 2.24. The van der Waals surface area contributed by atoms with Crippen LogP contribution >= 0.6 is 0 Å². The van der Waals surface area contributed by atoms with E-state index in [0.29, 0.717) is 11.3 Å². The van der Waals surface area contributed by atoms with Gasteiger partial charge in [0.1, 0.15) is 5.69 Å². The summed E-state index contributed by atoms with van der Waals surface area (Å²) in [5.41, 5.74) is 4.84. The minimum absolute atomic E-state index is 0.202. The van der Waals surface area contributed by atoms with Crippen LogP contribution in [0.15, 0.2) is 82.0 Å². The normalized spacial score (nSPS) is 11.5. The highest BCUT2D eigenvalue weighted by atomic mass is 19.1. The Morgan fingerprint density at radius 2 is 1.40 bits per heavy atom. The van der Waals surface area contributed by atoms with E-state index in [-0.39, 0.29) is 5.69 Å². The van der Waals surface area contributed by atoms with E-state index in [1.807, 2.05) is 55.4 Å².